The van der Waals surface area contributed by atoms with Gasteiger partial charge in [-0.2, -0.15) is 18.2 Å². The van der Waals surface area contributed by atoms with Crippen LogP contribution in [0.3, 0.4) is 0 Å². The maximum Gasteiger partial charge on any atom is 0.433 e. The first kappa shape index (κ1) is 20.1. The van der Waals surface area contributed by atoms with E-state index in [0.29, 0.717) is 11.6 Å². The van der Waals surface area contributed by atoms with Crippen molar-refractivity contribution in [2.75, 3.05) is 7.11 Å². The molecule has 0 saturated carbocycles. The van der Waals surface area contributed by atoms with Crippen molar-refractivity contribution in [3.8, 4) is 23.3 Å². The maximum absolute atomic E-state index is 14.3. The fraction of sp³-hybridized carbons (Fsp3) is 0.167. The van der Waals surface area contributed by atoms with Crippen molar-refractivity contribution in [2.45, 2.75) is 12.8 Å². The summed E-state index contributed by atoms with van der Waals surface area (Å²) >= 11 is 0. The topological polar surface area (TPSA) is 86.3 Å². The van der Waals surface area contributed by atoms with E-state index in [1.165, 1.54) is 31.4 Å². The molecule has 2 aromatic heterocycles. The van der Waals surface area contributed by atoms with Gasteiger partial charge in [-0.3, -0.25) is 9.97 Å². The van der Waals surface area contributed by atoms with Crippen LogP contribution in [0.1, 0.15) is 11.3 Å². The molecule has 29 heavy (non-hydrogen) atoms. The first-order valence-corrected chi connectivity index (χ1v) is 8.02. The average molecular weight is 411 g/mol. The largest absolute Gasteiger partial charge is 0.481 e. The van der Waals surface area contributed by atoms with E-state index < -0.39 is 23.4 Å². The fourth-order valence-corrected chi connectivity index (χ4v) is 2.23. The number of hydrogen-bond acceptors (Lipinski definition) is 6. The van der Waals surface area contributed by atoms with E-state index in [9.17, 15) is 22.4 Å². The van der Waals surface area contributed by atoms with Crippen LogP contribution in [0.15, 0.2) is 47.4 Å². The lowest BCUT2D eigenvalue weighted by molar-refractivity contribution is -0.141. The summed E-state index contributed by atoms with van der Waals surface area (Å²) in [6, 6.07) is 7.00. The number of alkyl halides is 3. The zero-order valence-corrected chi connectivity index (χ0v) is 14.8. The van der Waals surface area contributed by atoms with Crippen molar-refractivity contribution in [2.24, 2.45) is 0 Å². The van der Waals surface area contributed by atoms with E-state index in [4.69, 9.17) is 14.2 Å². The molecule has 3 aromatic rings. The predicted molar refractivity (Wildman–Crippen MR) is 91.5 cm³/mol. The summed E-state index contributed by atoms with van der Waals surface area (Å²) in [6.45, 7) is -0.103. The average Bonchev–Trinajstić information content (AvgIpc) is 2.67. The van der Waals surface area contributed by atoms with Crippen LogP contribution in [0, 0.1) is 5.82 Å². The van der Waals surface area contributed by atoms with Crippen molar-refractivity contribution in [3.05, 3.63) is 70.2 Å². The molecule has 0 atom stereocenters. The number of aromatic amines is 1. The summed E-state index contributed by atoms with van der Waals surface area (Å²) < 4.78 is 67.8. The van der Waals surface area contributed by atoms with Gasteiger partial charge in [-0.15, -0.1) is 0 Å². The molecule has 0 spiro atoms. The Kier molecular flexibility index (Phi) is 5.66. The van der Waals surface area contributed by atoms with Crippen molar-refractivity contribution in [1.82, 2.24) is 15.0 Å². The van der Waals surface area contributed by atoms with Gasteiger partial charge >= 0.3 is 11.9 Å². The third-order valence-electron chi connectivity index (χ3n) is 3.55. The standard InChI is InChI=1S/C18H13F4N3O4/c1-27-15-8-16(25-17(26)24-15)28-9-10-2-3-13(12(19)6-10)29-11-4-5-23-14(7-11)18(20,21)22/h2-8H,9H2,1H3,(H,24,25,26). The van der Waals surface area contributed by atoms with Gasteiger partial charge in [-0.1, -0.05) is 6.07 Å². The molecule has 0 unspecified atom stereocenters. The number of pyridine rings is 1. The van der Waals surface area contributed by atoms with E-state index in [2.05, 4.69) is 15.0 Å². The molecule has 2 heterocycles. The molecule has 0 amide bonds. The fourth-order valence-electron chi connectivity index (χ4n) is 2.23. The Balaban J connectivity index is 1.71. The molecule has 0 bridgehead atoms. The Hall–Kier alpha value is -3.63. The molecule has 0 aliphatic heterocycles. The lowest BCUT2D eigenvalue weighted by atomic mass is 10.2. The van der Waals surface area contributed by atoms with Crippen molar-refractivity contribution >= 4 is 0 Å². The highest BCUT2D eigenvalue weighted by atomic mass is 19.4. The number of nitrogens with zero attached hydrogens (tertiary/aromatic N) is 2. The Bertz CT molecular complexity index is 1070. The minimum atomic E-state index is -4.64. The van der Waals surface area contributed by atoms with Crippen molar-refractivity contribution < 1.29 is 31.8 Å². The SMILES string of the molecule is COc1cc(OCc2ccc(Oc3ccnc(C(F)(F)F)c3)c(F)c2)[nH]c(=O)n1. The molecule has 0 radical (unpaired) electrons. The number of hydrogen-bond donors (Lipinski definition) is 1. The van der Waals surface area contributed by atoms with Gasteiger partial charge in [0.05, 0.1) is 13.2 Å². The summed E-state index contributed by atoms with van der Waals surface area (Å²) in [6.07, 6.45) is -3.72. The van der Waals surface area contributed by atoms with Gasteiger partial charge < -0.3 is 14.2 Å². The lowest BCUT2D eigenvalue weighted by Crippen LogP contribution is -2.12. The third kappa shape index (κ3) is 5.21. The zero-order valence-electron chi connectivity index (χ0n) is 14.8. The highest BCUT2D eigenvalue weighted by Crippen LogP contribution is 2.32. The number of benzene rings is 1. The second-order valence-electron chi connectivity index (χ2n) is 5.62. The minimum absolute atomic E-state index is 0.0502. The number of aromatic nitrogens is 3. The Morgan fingerprint density at radius 3 is 2.62 bits per heavy atom. The number of H-pyrrole nitrogens is 1. The van der Waals surface area contributed by atoms with Gasteiger partial charge in [0.25, 0.3) is 0 Å². The molecule has 0 aliphatic rings. The summed E-state index contributed by atoms with van der Waals surface area (Å²) in [5.74, 6) is -1.17. The lowest BCUT2D eigenvalue weighted by Gasteiger charge is -2.11. The van der Waals surface area contributed by atoms with Crippen LogP contribution in [0.25, 0.3) is 0 Å². The first-order valence-electron chi connectivity index (χ1n) is 8.02. The van der Waals surface area contributed by atoms with Crippen molar-refractivity contribution in [1.29, 1.82) is 0 Å². The molecule has 0 saturated heterocycles. The predicted octanol–water partition coefficient (Wildman–Crippen LogP) is 3.70. The number of methoxy groups -OCH3 is 1. The Labute approximate surface area is 160 Å². The molecule has 11 heteroatoms. The maximum atomic E-state index is 14.3. The van der Waals surface area contributed by atoms with E-state index in [1.807, 2.05) is 0 Å². The van der Waals surface area contributed by atoms with Gasteiger partial charge in [0.1, 0.15) is 18.1 Å². The molecule has 152 valence electrons. The Morgan fingerprint density at radius 1 is 1.14 bits per heavy atom. The van der Waals surface area contributed by atoms with Crippen LogP contribution in [0.5, 0.6) is 23.3 Å². The van der Waals surface area contributed by atoms with Gasteiger partial charge in [0.2, 0.25) is 11.8 Å². The number of ether oxygens (including phenoxy) is 3. The summed E-state index contributed by atoms with van der Waals surface area (Å²) in [7, 11) is 1.33. The smallest absolute Gasteiger partial charge is 0.433 e. The summed E-state index contributed by atoms with van der Waals surface area (Å²) in [4.78, 5) is 20.4. The van der Waals surface area contributed by atoms with Crippen LogP contribution in [0.2, 0.25) is 0 Å². The van der Waals surface area contributed by atoms with Gasteiger partial charge in [0.15, 0.2) is 11.6 Å². The monoisotopic (exact) mass is 411 g/mol. The van der Waals surface area contributed by atoms with Gasteiger partial charge in [-0.05, 0) is 23.8 Å². The highest BCUT2D eigenvalue weighted by Gasteiger charge is 2.32. The Morgan fingerprint density at radius 2 is 1.93 bits per heavy atom. The molecule has 3 rings (SSSR count). The first-order chi connectivity index (χ1) is 13.7. The van der Waals surface area contributed by atoms with Crippen LogP contribution in [-0.2, 0) is 12.8 Å². The van der Waals surface area contributed by atoms with E-state index in [1.54, 1.807) is 0 Å². The summed E-state index contributed by atoms with van der Waals surface area (Å²) in [5, 5.41) is 0. The second-order valence-corrected chi connectivity index (χ2v) is 5.62. The highest BCUT2D eigenvalue weighted by molar-refractivity contribution is 5.35. The van der Waals surface area contributed by atoms with Crippen LogP contribution in [-0.4, -0.2) is 22.1 Å². The number of rotatable bonds is 6. The van der Waals surface area contributed by atoms with Crippen LogP contribution in [0.4, 0.5) is 17.6 Å². The zero-order chi connectivity index (χ0) is 21.0. The minimum Gasteiger partial charge on any atom is -0.481 e. The molecule has 7 nitrogen and oxygen atoms in total. The van der Waals surface area contributed by atoms with Gasteiger partial charge in [0, 0.05) is 12.3 Å². The van der Waals surface area contributed by atoms with Crippen molar-refractivity contribution in [3.63, 3.8) is 0 Å². The van der Waals surface area contributed by atoms with E-state index >= 15 is 0 Å². The number of nitrogens with one attached hydrogen (secondary N) is 1. The number of halogens is 4. The molecule has 1 aromatic carbocycles. The third-order valence-corrected chi connectivity index (χ3v) is 3.55. The molecule has 1 N–H and O–H groups in total. The molecule has 0 aliphatic carbocycles. The molecular formula is C18H13F4N3O4. The van der Waals surface area contributed by atoms with Crippen LogP contribution < -0.4 is 19.9 Å². The van der Waals surface area contributed by atoms with Gasteiger partial charge in [-0.25, -0.2) is 9.18 Å². The van der Waals surface area contributed by atoms with E-state index in [-0.39, 0.29) is 29.9 Å². The normalized spacial score (nSPS) is 11.2. The summed E-state index contributed by atoms with van der Waals surface area (Å²) in [5.41, 5.74) is -1.44. The molecule has 0 fully saturated rings. The van der Waals surface area contributed by atoms with Crippen LogP contribution >= 0.6 is 0 Å². The second kappa shape index (κ2) is 8.17. The quantitative estimate of drug-likeness (QED) is 0.623. The van der Waals surface area contributed by atoms with E-state index in [0.717, 1.165) is 12.3 Å². The molecular weight excluding hydrogens is 398 g/mol.